The summed E-state index contributed by atoms with van der Waals surface area (Å²) in [6.07, 6.45) is 3.13. The number of nitrogens with one attached hydrogen (secondary N) is 1. The second-order valence-corrected chi connectivity index (χ2v) is 5.77. The monoisotopic (exact) mass is 291 g/mol. The van der Waals surface area contributed by atoms with Crippen molar-refractivity contribution in [1.29, 1.82) is 0 Å². The molecule has 22 heavy (non-hydrogen) atoms. The Kier molecular flexibility index (Phi) is 4.10. The molecule has 0 bridgehead atoms. The first kappa shape index (κ1) is 14.6. The predicted octanol–water partition coefficient (Wildman–Crippen LogP) is 5.05. The molecule has 0 aliphatic carbocycles. The predicted molar refractivity (Wildman–Crippen MR) is 92.6 cm³/mol. The number of fused-ring (bicyclic) bond motifs is 1. The number of carbonyl (C=O) groups is 1. The Hall–Kier alpha value is -2.35. The smallest absolute Gasteiger partial charge is 0.256 e. The van der Waals surface area contributed by atoms with E-state index in [1.165, 1.54) is 16.7 Å². The molecule has 3 rings (SSSR count). The van der Waals surface area contributed by atoms with Gasteiger partial charge in [-0.1, -0.05) is 55.8 Å². The van der Waals surface area contributed by atoms with Crippen LogP contribution in [0.5, 0.6) is 0 Å². The summed E-state index contributed by atoms with van der Waals surface area (Å²) in [7, 11) is 0. The topological polar surface area (TPSA) is 29.1 Å². The molecule has 1 N–H and O–H groups in total. The zero-order valence-electron chi connectivity index (χ0n) is 13.1. The highest BCUT2D eigenvalue weighted by Crippen LogP contribution is 2.39. The van der Waals surface area contributed by atoms with Gasteiger partial charge in [-0.05, 0) is 42.5 Å². The van der Waals surface area contributed by atoms with Crippen LogP contribution in [0.15, 0.2) is 48.5 Å². The van der Waals surface area contributed by atoms with Gasteiger partial charge in [0.25, 0.3) is 5.91 Å². The number of hydrogen-bond donors (Lipinski definition) is 1. The zero-order chi connectivity index (χ0) is 15.5. The first-order valence-corrected chi connectivity index (χ1v) is 7.92. The van der Waals surface area contributed by atoms with Gasteiger partial charge >= 0.3 is 0 Å². The van der Waals surface area contributed by atoms with E-state index >= 15 is 0 Å². The lowest BCUT2D eigenvalue weighted by Crippen LogP contribution is -2.06. The molecule has 1 aliphatic rings. The van der Waals surface area contributed by atoms with E-state index in [4.69, 9.17) is 0 Å². The number of carbonyl (C=O) groups excluding carboxylic acids is 1. The number of allylic oxidation sites excluding steroid dienone is 1. The highest BCUT2D eigenvalue weighted by molar-refractivity contribution is 6.36. The fourth-order valence-electron chi connectivity index (χ4n) is 3.08. The van der Waals surface area contributed by atoms with Gasteiger partial charge in [0.15, 0.2) is 0 Å². The summed E-state index contributed by atoms with van der Waals surface area (Å²) >= 11 is 0. The number of unbranched alkanes of at least 4 members (excludes halogenated alkanes) is 1. The van der Waals surface area contributed by atoms with Crippen LogP contribution in [-0.2, 0) is 4.79 Å². The molecule has 1 aliphatic heterocycles. The second kappa shape index (κ2) is 6.18. The van der Waals surface area contributed by atoms with E-state index in [0.717, 1.165) is 36.1 Å². The third kappa shape index (κ3) is 2.57. The molecular formula is C20H21NO. The van der Waals surface area contributed by atoms with E-state index in [1.54, 1.807) is 0 Å². The van der Waals surface area contributed by atoms with Gasteiger partial charge in [-0.25, -0.2) is 0 Å². The number of hydrogen-bond acceptors (Lipinski definition) is 1. The van der Waals surface area contributed by atoms with Crippen molar-refractivity contribution >= 4 is 22.7 Å². The highest BCUT2D eigenvalue weighted by atomic mass is 16.2. The average molecular weight is 291 g/mol. The molecule has 0 radical (unpaired) electrons. The molecule has 0 spiro atoms. The Morgan fingerprint density at radius 1 is 1.05 bits per heavy atom. The van der Waals surface area contributed by atoms with Crippen LogP contribution < -0.4 is 5.32 Å². The molecule has 1 heterocycles. The van der Waals surface area contributed by atoms with Crippen molar-refractivity contribution in [2.24, 2.45) is 0 Å². The molecule has 112 valence electrons. The van der Waals surface area contributed by atoms with Gasteiger partial charge in [0, 0.05) is 11.3 Å². The molecule has 2 heteroatoms. The lowest BCUT2D eigenvalue weighted by atomic mass is 9.89. The average Bonchev–Trinajstić information content (AvgIpc) is 2.86. The van der Waals surface area contributed by atoms with Crippen molar-refractivity contribution in [2.75, 3.05) is 5.32 Å². The largest absolute Gasteiger partial charge is 0.321 e. The van der Waals surface area contributed by atoms with Crippen LogP contribution in [-0.4, -0.2) is 5.91 Å². The number of amides is 1. The molecular weight excluding hydrogens is 270 g/mol. The summed E-state index contributed by atoms with van der Waals surface area (Å²) in [6, 6.07) is 16.3. The summed E-state index contributed by atoms with van der Waals surface area (Å²) in [4.78, 5) is 12.6. The molecule has 0 saturated heterocycles. The van der Waals surface area contributed by atoms with Crippen molar-refractivity contribution < 1.29 is 4.79 Å². The molecule has 2 aromatic carbocycles. The highest BCUT2D eigenvalue weighted by Gasteiger charge is 2.27. The fourth-order valence-corrected chi connectivity index (χ4v) is 3.08. The van der Waals surface area contributed by atoms with Crippen LogP contribution in [0.25, 0.3) is 11.1 Å². The van der Waals surface area contributed by atoms with Gasteiger partial charge in [0.05, 0.1) is 5.57 Å². The van der Waals surface area contributed by atoms with E-state index in [0.29, 0.717) is 0 Å². The number of para-hydroxylation sites is 1. The quantitative estimate of drug-likeness (QED) is 0.785. The van der Waals surface area contributed by atoms with Crippen LogP contribution in [0.3, 0.4) is 0 Å². The van der Waals surface area contributed by atoms with E-state index < -0.39 is 0 Å². The zero-order valence-corrected chi connectivity index (χ0v) is 13.1. The summed E-state index contributed by atoms with van der Waals surface area (Å²) < 4.78 is 0. The number of rotatable bonds is 4. The third-order valence-corrected chi connectivity index (χ3v) is 4.22. The molecule has 0 unspecified atom stereocenters. The third-order valence-electron chi connectivity index (χ3n) is 4.22. The van der Waals surface area contributed by atoms with E-state index in [1.807, 2.05) is 36.4 Å². The van der Waals surface area contributed by atoms with Gasteiger partial charge in [-0.3, -0.25) is 4.79 Å². The Morgan fingerprint density at radius 2 is 1.77 bits per heavy atom. The van der Waals surface area contributed by atoms with E-state index in [2.05, 4.69) is 31.3 Å². The number of aryl methyl sites for hydroxylation is 1. The van der Waals surface area contributed by atoms with Crippen molar-refractivity contribution in [3.63, 3.8) is 0 Å². The molecule has 2 aromatic rings. The fraction of sp³-hybridized carbons (Fsp3) is 0.250. The van der Waals surface area contributed by atoms with Crippen molar-refractivity contribution in [3.8, 4) is 0 Å². The van der Waals surface area contributed by atoms with Crippen molar-refractivity contribution in [1.82, 2.24) is 0 Å². The summed E-state index contributed by atoms with van der Waals surface area (Å²) in [6.45, 7) is 4.30. The summed E-state index contributed by atoms with van der Waals surface area (Å²) in [5, 5.41) is 3.00. The first-order valence-electron chi connectivity index (χ1n) is 7.92. The molecule has 0 saturated carbocycles. The lowest BCUT2D eigenvalue weighted by Gasteiger charge is -2.14. The molecule has 0 atom stereocenters. The maximum atomic E-state index is 12.6. The molecule has 2 nitrogen and oxygen atoms in total. The standard InChI is InChI=1S/C20H21NO/c1-3-4-10-16(15-11-6-5-9-14(15)2)19-17-12-7-8-13-18(17)21-20(19)22/h5-9,11-13H,3-4,10H2,1-2H3,(H,21,22)/b19-16-. The molecule has 0 fully saturated rings. The minimum atomic E-state index is 0.0237. The van der Waals surface area contributed by atoms with Gasteiger partial charge < -0.3 is 5.32 Å². The SMILES string of the molecule is CCCC/C(=C1/C(=O)Nc2ccccc21)c1ccccc1C. The minimum Gasteiger partial charge on any atom is -0.321 e. The number of anilines is 1. The van der Waals surface area contributed by atoms with Crippen LogP contribution in [0.2, 0.25) is 0 Å². The van der Waals surface area contributed by atoms with Gasteiger partial charge in [0.1, 0.15) is 0 Å². The van der Waals surface area contributed by atoms with E-state index in [9.17, 15) is 4.79 Å². The van der Waals surface area contributed by atoms with Gasteiger partial charge in [-0.15, -0.1) is 0 Å². The maximum Gasteiger partial charge on any atom is 0.256 e. The van der Waals surface area contributed by atoms with Crippen LogP contribution in [0.4, 0.5) is 5.69 Å². The van der Waals surface area contributed by atoms with Gasteiger partial charge in [-0.2, -0.15) is 0 Å². The van der Waals surface area contributed by atoms with Crippen molar-refractivity contribution in [3.05, 3.63) is 65.2 Å². The molecule has 1 amide bonds. The normalized spacial score (nSPS) is 15.5. The summed E-state index contributed by atoms with van der Waals surface area (Å²) in [5.74, 6) is 0.0237. The molecule has 0 aromatic heterocycles. The lowest BCUT2D eigenvalue weighted by molar-refractivity contribution is -0.110. The van der Waals surface area contributed by atoms with Crippen LogP contribution >= 0.6 is 0 Å². The Morgan fingerprint density at radius 3 is 2.55 bits per heavy atom. The van der Waals surface area contributed by atoms with E-state index in [-0.39, 0.29) is 5.91 Å². The number of benzene rings is 2. The second-order valence-electron chi connectivity index (χ2n) is 5.77. The van der Waals surface area contributed by atoms with Crippen LogP contribution in [0.1, 0.15) is 42.9 Å². The summed E-state index contributed by atoms with van der Waals surface area (Å²) in [5.41, 5.74) is 6.38. The Labute approximate surface area is 131 Å². The van der Waals surface area contributed by atoms with Crippen LogP contribution in [0, 0.1) is 6.92 Å². The minimum absolute atomic E-state index is 0.0237. The first-order chi connectivity index (χ1) is 10.7. The Bertz CT molecular complexity index is 743. The Balaban J connectivity index is 2.21. The maximum absolute atomic E-state index is 12.6. The van der Waals surface area contributed by atoms with Crippen molar-refractivity contribution in [2.45, 2.75) is 33.1 Å². The van der Waals surface area contributed by atoms with Gasteiger partial charge in [0.2, 0.25) is 0 Å².